The fraction of sp³-hybridized carbons (Fsp3) is 0.500. The zero-order valence-corrected chi connectivity index (χ0v) is 11.2. The quantitative estimate of drug-likeness (QED) is 0.757. The minimum atomic E-state index is 0.0861. The lowest BCUT2D eigenvalue weighted by molar-refractivity contribution is 0.101. The standard InChI is InChI=1S/C14H18O2S/c1-10(15)14-12(16-2)8-5-9-13(14)17-11-6-3-4-7-11/h5,8-9,11H,3-4,6-7H2,1-2H3. The van der Waals surface area contributed by atoms with Crippen molar-refractivity contribution in [2.75, 3.05) is 7.11 Å². The van der Waals surface area contributed by atoms with E-state index in [2.05, 4.69) is 0 Å². The van der Waals surface area contributed by atoms with Crippen LogP contribution in [-0.4, -0.2) is 18.1 Å². The molecule has 0 bridgehead atoms. The van der Waals surface area contributed by atoms with E-state index in [1.54, 1.807) is 14.0 Å². The van der Waals surface area contributed by atoms with Crippen molar-refractivity contribution >= 4 is 17.5 Å². The molecule has 1 fully saturated rings. The fourth-order valence-corrected chi connectivity index (χ4v) is 3.76. The summed E-state index contributed by atoms with van der Waals surface area (Å²) >= 11 is 1.83. The lowest BCUT2D eigenvalue weighted by Crippen LogP contribution is -2.02. The highest BCUT2D eigenvalue weighted by Gasteiger charge is 2.20. The molecule has 0 amide bonds. The smallest absolute Gasteiger partial charge is 0.164 e. The topological polar surface area (TPSA) is 26.3 Å². The number of Topliss-reactive ketones (excluding diaryl/α,β-unsaturated/α-hetero) is 1. The first-order chi connectivity index (χ1) is 8.22. The molecule has 1 aromatic carbocycles. The Morgan fingerprint density at radius 2 is 2.06 bits per heavy atom. The normalized spacial score (nSPS) is 16.1. The van der Waals surface area contributed by atoms with E-state index in [1.807, 2.05) is 30.0 Å². The van der Waals surface area contributed by atoms with E-state index in [9.17, 15) is 4.79 Å². The average molecular weight is 250 g/mol. The second-order valence-electron chi connectivity index (χ2n) is 4.41. The number of methoxy groups -OCH3 is 1. The largest absolute Gasteiger partial charge is 0.496 e. The number of carbonyl (C=O) groups excluding carboxylic acids is 1. The van der Waals surface area contributed by atoms with Crippen LogP contribution in [0, 0.1) is 0 Å². The summed E-state index contributed by atoms with van der Waals surface area (Å²) in [6.07, 6.45) is 5.16. The summed E-state index contributed by atoms with van der Waals surface area (Å²) in [5.74, 6) is 0.781. The number of carbonyl (C=O) groups is 1. The van der Waals surface area contributed by atoms with Gasteiger partial charge in [0.05, 0.1) is 12.7 Å². The summed E-state index contributed by atoms with van der Waals surface area (Å²) in [4.78, 5) is 12.8. The molecule has 0 atom stereocenters. The first-order valence-electron chi connectivity index (χ1n) is 6.07. The van der Waals surface area contributed by atoms with Crippen molar-refractivity contribution in [1.82, 2.24) is 0 Å². The van der Waals surface area contributed by atoms with Gasteiger partial charge in [-0.2, -0.15) is 0 Å². The average Bonchev–Trinajstić information content (AvgIpc) is 2.81. The van der Waals surface area contributed by atoms with Crippen molar-refractivity contribution in [1.29, 1.82) is 0 Å². The molecule has 3 heteroatoms. The molecule has 92 valence electrons. The van der Waals surface area contributed by atoms with Crippen LogP contribution < -0.4 is 4.74 Å². The van der Waals surface area contributed by atoms with E-state index >= 15 is 0 Å². The maximum absolute atomic E-state index is 11.7. The van der Waals surface area contributed by atoms with Crippen molar-refractivity contribution in [2.24, 2.45) is 0 Å². The van der Waals surface area contributed by atoms with Crippen molar-refractivity contribution < 1.29 is 9.53 Å². The second kappa shape index (κ2) is 5.58. The van der Waals surface area contributed by atoms with Crippen LogP contribution in [0.5, 0.6) is 5.75 Å². The van der Waals surface area contributed by atoms with E-state index in [4.69, 9.17) is 4.74 Å². The molecule has 0 N–H and O–H groups in total. The van der Waals surface area contributed by atoms with Crippen LogP contribution in [0.1, 0.15) is 43.0 Å². The van der Waals surface area contributed by atoms with Crippen LogP contribution in [-0.2, 0) is 0 Å². The van der Waals surface area contributed by atoms with E-state index in [0.717, 1.165) is 10.5 Å². The van der Waals surface area contributed by atoms with Gasteiger partial charge in [-0.15, -0.1) is 11.8 Å². The first kappa shape index (κ1) is 12.5. The van der Waals surface area contributed by atoms with Crippen molar-refractivity contribution in [3.8, 4) is 5.75 Å². The summed E-state index contributed by atoms with van der Waals surface area (Å²) in [6.45, 7) is 1.61. The maximum Gasteiger partial charge on any atom is 0.164 e. The summed E-state index contributed by atoms with van der Waals surface area (Å²) < 4.78 is 5.28. The predicted octanol–water partition coefficient (Wildman–Crippen LogP) is 3.93. The van der Waals surface area contributed by atoms with Crippen molar-refractivity contribution in [3.05, 3.63) is 23.8 Å². The SMILES string of the molecule is COc1cccc(SC2CCCC2)c1C(C)=O. The van der Waals surface area contributed by atoms with Gasteiger partial charge in [0.1, 0.15) is 5.75 Å². The number of hydrogen-bond acceptors (Lipinski definition) is 3. The molecule has 17 heavy (non-hydrogen) atoms. The zero-order chi connectivity index (χ0) is 12.3. The number of rotatable bonds is 4. The summed E-state index contributed by atoms with van der Waals surface area (Å²) in [7, 11) is 1.62. The van der Waals surface area contributed by atoms with Gasteiger partial charge in [-0.05, 0) is 31.9 Å². The molecular weight excluding hydrogens is 232 g/mol. The van der Waals surface area contributed by atoms with Crippen LogP contribution in [0.2, 0.25) is 0 Å². The number of benzene rings is 1. The summed E-state index contributed by atoms with van der Waals surface area (Å²) in [5, 5.41) is 0.667. The Morgan fingerprint density at radius 1 is 1.35 bits per heavy atom. The minimum absolute atomic E-state index is 0.0861. The highest BCUT2D eigenvalue weighted by molar-refractivity contribution is 8.00. The fourth-order valence-electron chi connectivity index (χ4n) is 2.31. The molecule has 0 saturated heterocycles. The Labute approximate surface area is 107 Å². The van der Waals surface area contributed by atoms with E-state index < -0.39 is 0 Å². The predicted molar refractivity (Wildman–Crippen MR) is 71.1 cm³/mol. The highest BCUT2D eigenvalue weighted by atomic mass is 32.2. The van der Waals surface area contributed by atoms with Gasteiger partial charge in [0.15, 0.2) is 5.78 Å². The van der Waals surface area contributed by atoms with Gasteiger partial charge in [-0.25, -0.2) is 0 Å². The van der Waals surface area contributed by atoms with E-state index in [0.29, 0.717) is 11.0 Å². The van der Waals surface area contributed by atoms with Gasteiger partial charge in [-0.3, -0.25) is 4.79 Å². The van der Waals surface area contributed by atoms with Crippen LogP contribution >= 0.6 is 11.8 Å². The Bertz CT molecular complexity index is 409. The van der Waals surface area contributed by atoms with Gasteiger partial charge < -0.3 is 4.74 Å². The lowest BCUT2D eigenvalue weighted by atomic mass is 10.1. The van der Waals surface area contributed by atoms with Crippen LogP contribution in [0.15, 0.2) is 23.1 Å². The minimum Gasteiger partial charge on any atom is -0.496 e. The molecule has 2 rings (SSSR count). The molecule has 0 spiro atoms. The number of thioether (sulfide) groups is 1. The number of ether oxygens (including phenoxy) is 1. The highest BCUT2D eigenvalue weighted by Crippen LogP contribution is 2.38. The molecule has 1 aliphatic carbocycles. The molecular formula is C14H18O2S. The van der Waals surface area contributed by atoms with Crippen LogP contribution in [0.3, 0.4) is 0 Å². The summed E-state index contributed by atoms with van der Waals surface area (Å²) in [6, 6.07) is 5.85. The zero-order valence-electron chi connectivity index (χ0n) is 10.4. The first-order valence-corrected chi connectivity index (χ1v) is 6.95. The lowest BCUT2D eigenvalue weighted by Gasteiger charge is -2.14. The van der Waals surface area contributed by atoms with Crippen LogP contribution in [0.4, 0.5) is 0 Å². The molecule has 1 aliphatic rings. The third-order valence-electron chi connectivity index (χ3n) is 3.16. The molecule has 0 aliphatic heterocycles. The number of hydrogen-bond donors (Lipinski definition) is 0. The monoisotopic (exact) mass is 250 g/mol. The maximum atomic E-state index is 11.7. The van der Waals surface area contributed by atoms with Crippen molar-refractivity contribution in [3.63, 3.8) is 0 Å². The molecule has 0 heterocycles. The van der Waals surface area contributed by atoms with Gasteiger partial charge in [0.2, 0.25) is 0 Å². The molecule has 1 aromatic rings. The Kier molecular flexibility index (Phi) is 4.11. The van der Waals surface area contributed by atoms with E-state index in [-0.39, 0.29) is 5.78 Å². The Morgan fingerprint density at radius 3 is 2.65 bits per heavy atom. The van der Waals surface area contributed by atoms with Crippen LogP contribution in [0.25, 0.3) is 0 Å². The van der Waals surface area contributed by atoms with Gasteiger partial charge in [0.25, 0.3) is 0 Å². The Balaban J connectivity index is 2.28. The molecule has 1 saturated carbocycles. The Hall–Kier alpha value is -0.960. The number of ketones is 1. The molecule has 0 aromatic heterocycles. The van der Waals surface area contributed by atoms with Gasteiger partial charge in [0, 0.05) is 10.1 Å². The third-order valence-corrected chi connectivity index (χ3v) is 4.55. The molecule has 2 nitrogen and oxygen atoms in total. The molecule has 0 unspecified atom stereocenters. The van der Waals surface area contributed by atoms with E-state index in [1.165, 1.54) is 25.7 Å². The van der Waals surface area contributed by atoms with Gasteiger partial charge in [-0.1, -0.05) is 18.9 Å². The third kappa shape index (κ3) is 2.83. The summed E-state index contributed by atoms with van der Waals surface area (Å²) in [5.41, 5.74) is 0.743. The second-order valence-corrected chi connectivity index (χ2v) is 5.76. The van der Waals surface area contributed by atoms with Crippen molar-refractivity contribution in [2.45, 2.75) is 42.8 Å². The molecule has 0 radical (unpaired) electrons. The van der Waals surface area contributed by atoms with Gasteiger partial charge >= 0.3 is 0 Å².